The number of carbonyl (C=O) groups is 1. The molecule has 8 heteroatoms. The number of carbonyl (C=O) groups excluding carboxylic acids is 1. The minimum Gasteiger partial charge on any atom is -0.455 e. The van der Waals surface area contributed by atoms with Gasteiger partial charge in [0.2, 0.25) is 6.79 Å². The third-order valence-corrected chi connectivity index (χ3v) is 7.43. The monoisotopic (exact) mass is 485 g/mol. The molecule has 1 saturated heterocycles. The minimum atomic E-state index is -0.898. The van der Waals surface area contributed by atoms with E-state index in [0.29, 0.717) is 21.4 Å². The van der Waals surface area contributed by atoms with E-state index in [1.54, 1.807) is 24.3 Å². The normalized spacial score (nSPS) is 27.3. The number of nitrogens with zero attached hydrogens (tertiary/aromatic N) is 1. The lowest BCUT2D eigenvalue weighted by Crippen LogP contribution is -2.51. The maximum atomic E-state index is 12.8. The van der Waals surface area contributed by atoms with Crippen molar-refractivity contribution in [1.29, 1.82) is 0 Å². The first-order valence-electron chi connectivity index (χ1n) is 10.9. The van der Waals surface area contributed by atoms with E-state index in [4.69, 9.17) is 37.4 Å². The van der Waals surface area contributed by atoms with E-state index in [2.05, 4.69) is 4.90 Å². The van der Waals surface area contributed by atoms with Crippen LogP contribution in [0.3, 0.4) is 0 Å². The lowest BCUT2D eigenvalue weighted by atomic mass is 9.73. The third-order valence-electron chi connectivity index (χ3n) is 6.85. The van der Waals surface area contributed by atoms with Gasteiger partial charge in [-0.1, -0.05) is 34.9 Å². The zero-order valence-corrected chi connectivity index (χ0v) is 19.1. The van der Waals surface area contributed by atoms with Crippen molar-refractivity contribution in [1.82, 2.24) is 4.90 Å². The van der Waals surface area contributed by atoms with Gasteiger partial charge in [-0.25, -0.2) is 4.79 Å². The molecule has 2 aromatic rings. The van der Waals surface area contributed by atoms with Crippen LogP contribution in [0.15, 0.2) is 48.1 Å². The molecular weight excluding hydrogens is 465 g/mol. The minimum absolute atomic E-state index is 0.0884. The fourth-order valence-corrected chi connectivity index (χ4v) is 5.81. The summed E-state index contributed by atoms with van der Waals surface area (Å²) in [5.74, 6) is 0.664. The van der Waals surface area contributed by atoms with Crippen molar-refractivity contribution in [2.24, 2.45) is 0 Å². The molecule has 0 amide bonds. The summed E-state index contributed by atoms with van der Waals surface area (Å²) in [6, 6.07) is 9.11. The molecule has 1 aliphatic carbocycles. The fraction of sp³-hybridized carbons (Fsp3) is 0.320. The summed E-state index contributed by atoms with van der Waals surface area (Å²) in [5, 5.41) is 12.0. The van der Waals surface area contributed by atoms with E-state index in [-0.39, 0.29) is 18.8 Å². The van der Waals surface area contributed by atoms with Crippen LogP contribution in [0, 0.1) is 0 Å². The Hall–Kier alpha value is -2.51. The second-order valence-corrected chi connectivity index (χ2v) is 9.57. The van der Waals surface area contributed by atoms with Gasteiger partial charge in [0.05, 0.1) is 0 Å². The number of hydrogen-bond acceptors (Lipinski definition) is 6. The number of ether oxygens (including phenoxy) is 3. The van der Waals surface area contributed by atoms with Crippen LogP contribution in [-0.4, -0.2) is 47.6 Å². The summed E-state index contributed by atoms with van der Waals surface area (Å²) < 4.78 is 17.0. The zero-order chi connectivity index (χ0) is 22.7. The molecule has 4 aliphatic rings. The lowest BCUT2D eigenvalue weighted by molar-refractivity contribution is -0.150. The van der Waals surface area contributed by atoms with Crippen molar-refractivity contribution in [3.8, 4) is 11.5 Å². The van der Waals surface area contributed by atoms with Crippen LogP contribution < -0.4 is 9.47 Å². The van der Waals surface area contributed by atoms with Crippen molar-refractivity contribution in [3.63, 3.8) is 0 Å². The van der Waals surface area contributed by atoms with Crippen LogP contribution in [0.25, 0.3) is 6.08 Å². The van der Waals surface area contributed by atoms with Crippen LogP contribution in [-0.2, 0) is 16.1 Å². The molecule has 0 bridgehead atoms. The Labute approximate surface area is 200 Å². The van der Waals surface area contributed by atoms with Crippen molar-refractivity contribution in [2.75, 3.05) is 13.3 Å². The number of hydrogen-bond donors (Lipinski definition) is 1. The first kappa shape index (κ1) is 21.1. The van der Waals surface area contributed by atoms with Gasteiger partial charge in [0.15, 0.2) is 11.5 Å². The second kappa shape index (κ2) is 8.06. The molecule has 170 valence electrons. The van der Waals surface area contributed by atoms with Gasteiger partial charge in [0.25, 0.3) is 0 Å². The molecule has 33 heavy (non-hydrogen) atoms. The summed E-state index contributed by atoms with van der Waals surface area (Å²) in [6.07, 6.45) is 4.01. The molecular formula is C25H21Cl2NO5. The maximum Gasteiger partial charge on any atom is 0.331 e. The number of aliphatic hydroxyl groups is 1. The molecule has 6 rings (SSSR count). The Bertz CT molecular complexity index is 1210. The second-order valence-electron chi connectivity index (χ2n) is 8.73. The first-order valence-corrected chi connectivity index (χ1v) is 11.6. The largest absolute Gasteiger partial charge is 0.455 e. The average molecular weight is 486 g/mol. The molecule has 4 atom stereocenters. The molecule has 0 radical (unpaired) electrons. The van der Waals surface area contributed by atoms with Crippen LogP contribution in [0.4, 0.5) is 0 Å². The molecule has 3 aliphatic heterocycles. The number of aliphatic hydroxyl groups excluding tert-OH is 1. The number of benzene rings is 2. The third kappa shape index (κ3) is 3.62. The quantitative estimate of drug-likeness (QED) is 0.396. The van der Waals surface area contributed by atoms with Gasteiger partial charge in [-0.05, 0) is 59.5 Å². The average Bonchev–Trinajstić information content (AvgIpc) is 3.41. The van der Waals surface area contributed by atoms with Gasteiger partial charge in [-0.3, -0.25) is 4.90 Å². The molecule has 1 N–H and O–H groups in total. The van der Waals surface area contributed by atoms with Crippen LogP contribution >= 0.6 is 23.2 Å². The molecule has 3 heterocycles. The van der Waals surface area contributed by atoms with E-state index in [1.165, 1.54) is 11.6 Å². The van der Waals surface area contributed by atoms with E-state index >= 15 is 0 Å². The Kier molecular flexibility index (Phi) is 5.14. The number of fused-ring (bicyclic) bond motifs is 3. The summed E-state index contributed by atoms with van der Waals surface area (Å²) in [4.78, 5) is 15.2. The maximum absolute atomic E-state index is 12.8. The van der Waals surface area contributed by atoms with Crippen molar-refractivity contribution < 1.29 is 24.1 Å². The van der Waals surface area contributed by atoms with Gasteiger partial charge in [-0.2, -0.15) is 0 Å². The Morgan fingerprint density at radius 2 is 2.00 bits per heavy atom. The summed E-state index contributed by atoms with van der Waals surface area (Å²) >= 11 is 12.2. The molecule has 0 aromatic heterocycles. The number of esters is 1. The predicted octanol–water partition coefficient (Wildman–Crippen LogP) is 4.32. The van der Waals surface area contributed by atoms with E-state index in [0.717, 1.165) is 36.4 Å². The Morgan fingerprint density at radius 3 is 2.85 bits per heavy atom. The molecule has 0 spiro atoms. The van der Waals surface area contributed by atoms with E-state index < -0.39 is 18.2 Å². The van der Waals surface area contributed by atoms with Crippen LogP contribution in [0.5, 0.6) is 11.5 Å². The summed E-state index contributed by atoms with van der Waals surface area (Å²) in [5.41, 5.74) is 3.96. The standard InChI is InChI=1S/C25H21Cl2NO5/c26-16-2-3-18(27)13(7-16)1-4-22(30)33-25-19(29)8-14-5-6-28-11-15-9-20-21(32-12-31-20)10-17(15)23(25)24(14)28/h1-4,7-10,19,23-25,29H,5-6,11-12H2/b4-1+/t19-,23?,24?,25+/m0/s1. The highest BCUT2D eigenvalue weighted by molar-refractivity contribution is 6.34. The van der Waals surface area contributed by atoms with E-state index in [1.807, 2.05) is 18.2 Å². The van der Waals surface area contributed by atoms with Gasteiger partial charge in [0.1, 0.15) is 12.2 Å². The van der Waals surface area contributed by atoms with Crippen molar-refractivity contribution in [2.45, 2.75) is 37.1 Å². The SMILES string of the molecule is O=C(/C=C/c1cc(Cl)ccc1Cl)O[C@H]1C2c3cc4c(cc3CN3CCC(=C[C@@H]1O)C23)OCO4. The molecule has 2 aromatic carbocycles. The molecule has 1 fully saturated rings. The highest BCUT2D eigenvalue weighted by Gasteiger charge is 2.50. The molecule has 2 unspecified atom stereocenters. The lowest BCUT2D eigenvalue weighted by Gasteiger charge is -2.45. The number of rotatable bonds is 3. The van der Waals surface area contributed by atoms with Gasteiger partial charge in [-0.15, -0.1) is 0 Å². The zero-order valence-electron chi connectivity index (χ0n) is 17.5. The summed E-state index contributed by atoms with van der Waals surface area (Å²) in [7, 11) is 0. The van der Waals surface area contributed by atoms with Crippen LogP contribution in [0.2, 0.25) is 10.0 Å². The van der Waals surface area contributed by atoms with Gasteiger partial charge < -0.3 is 19.3 Å². The van der Waals surface area contributed by atoms with Gasteiger partial charge in [0, 0.05) is 41.2 Å². The fourth-order valence-electron chi connectivity index (χ4n) is 5.45. The predicted molar refractivity (Wildman–Crippen MR) is 124 cm³/mol. The molecule has 0 saturated carbocycles. The highest BCUT2D eigenvalue weighted by atomic mass is 35.5. The first-order chi connectivity index (χ1) is 16.0. The van der Waals surface area contributed by atoms with Crippen molar-refractivity contribution in [3.05, 3.63) is 74.8 Å². The Morgan fingerprint density at radius 1 is 1.18 bits per heavy atom. The van der Waals surface area contributed by atoms with E-state index in [9.17, 15) is 9.90 Å². The van der Waals surface area contributed by atoms with Crippen LogP contribution in [0.1, 0.15) is 29.0 Å². The number of halogens is 2. The summed E-state index contributed by atoms with van der Waals surface area (Å²) in [6.45, 7) is 1.88. The smallest absolute Gasteiger partial charge is 0.331 e. The highest BCUT2D eigenvalue weighted by Crippen LogP contribution is 2.50. The van der Waals surface area contributed by atoms with Crippen molar-refractivity contribution >= 4 is 35.2 Å². The molecule has 6 nitrogen and oxygen atoms in total. The topological polar surface area (TPSA) is 68.2 Å². The Balaban J connectivity index is 1.33. The van der Waals surface area contributed by atoms with Gasteiger partial charge >= 0.3 is 5.97 Å².